The van der Waals surface area contributed by atoms with E-state index in [1.807, 2.05) is 20.8 Å². The van der Waals surface area contributed by atoms with E-state index >= 15 is 0 Å². The summed E-state index contributed by atoms with van der Waals surface area (Å²) in [6.07, 6.45) is 3.21. The summed E-state index contributed by atoms with van der Waals surface area (Å²) in [5, 5.41) is 9.40. The molecule has 1 aliphatic rings. The second-order valence-corrected chi connectivity index (χ2v) is 6.77. The Hall–Kier alpha value is -1.64. The Kier molecular flexibility index (Phi) is 5.05. The summed E-state index contributed by atoms with van der Waals surface area (Å²) in [4.78, 5) is 24.4. The van der Waals surface area contributed by atoms with Crippen LogP contribution >= 0.6 is 0 Å². The molecule has 0 amide bonds. The number of benzene rings is 1. The maximum Gasteiger partial charge on any atom is 0.307 e. The van der Waals surface area contributed by atoms with Crippen molar-refractivity contribution < 1.29 is 14.7 Å². The molecule has 0 bridgehead atoms. The molecule has 0 saturated heterocycles. The van der Waals surface area contributed by atoms with Gasteiger partial charge in [0.25, 0.3) is 0 Å². The van der Waals surface area contributed by atoms with Gasteiger partial charge in [-0.2, -0.15) is 0 Å². The first-order chi connectivity index (χ1) is 10.3. The van der Waals surface area contributed by atoms with Crippen molar-refractivity contribution in [3.05, 3.63) is 34.4 Å². The van der Waals surface area contributed by atoms with E-state index in [1.54, 1.807) is 0 Å². The first-order valence-corrected chi connectivity index (χ1v) is 8.17. The summed E-state index contributed by atoms with van der Waals surface area (Å²) >= 11 is 0. The third kappa shape index (κ3) is 3.23. The molecule has 1 saturated carbocycles. The Bertz CT molecular complexity index is 565. The molecule has 0 heterocycles. The van der Waals surface area contributed by atoms with E-state index in [0.29, 0.717) is 12.8 Å². The molecule has 0 aliphatic heterocycles. The van der Waals surface area contributed by atoms with E-state index in [1.165, 1.54) is 5.56 Å². The maximum absolute atomic E-state index is 12.9. The third-order valence-corrected chi connectivity index (χ3v) is 5.05. The molecule has 0 radical (unpaired) electrons. The lowest BCUT2D eigenvalue weighted by Gasteiger charge is -2.30. The minimum atomic E-state index is -0.817. The van der Waals surface area contributed by atoms with E-state index < -0.39 is 11.9 Å². The highest BCUT2D eigenvalue weighted by Gasteiger charge is 2.38. The van der Waals surface area contributed by atoms with Gasteiger partial charge in [0.1, 0.15) is 5.78 Å². The second kappa shape index (κ2) is 6.64. The lowest BCUT2D eigenvalue weighted by Crippen LogP contribution is -2.35. The zero-order chi connectivity index (χ0) is 16.4. The molecular weight excluding hydrogens is 276 g/mol. The molecule has 22 heavy (non-hydrogen) atoms. The van der Waals surface area contributed by atoms with Gasteiger partial charge in [0.05, 0.1) is 5.92 Å². The standard InChI is InChI=1S/C19H26O3/c1-11-9-12(2)17(13(3)10-11)14(4)18(20)15-7-5-6-8-16(15)19(21)22/h9-10,14-16H,5-8H2,1-4H3,(H,21,22). The average Bonchev–Trinajstić information content (AvgIpc) is 2.45. The van der Waals surface area contributed by atoms with E-state index in [0.717, 1.165) is 29.5 Å². The van der Waals surface area contributed by atoms with Crippen LogP contribution in [0, 0.1) is 32.6 Å². The van der Waals surface area contributed by atoms with Crippen molar-refractivity contribution in [3.8, 4) is 0 Å². The van der Waals surface area contributed by atoms with Gasteiger partial charge < -0.3 is 5.11 Å². The molecule has 1 fully saturated rings. The molecule has 1 aromatic carbocycles. The first kappa shape index (κ1) is 16.7. The summed E-state index contributed by atoms with van der Waals surface area (Å²) in [7, 11) is 0. The van der Waals surface area contributed by atoms with Crippen LogP contribution in [0.1, 0.15) is 60.8 Å². The number of hydrogen-bond acceptors (Lipinski definition) is 2. The summed E-state index contributed by atoms with van der Waals surface area (Å²) in [5.74, 6) is -1.79. The average molecular weight is 302 g/mol. The van der Waals surface area contributed by atoms with Crippen LogP contribution in [0.3, 0.4) is 0 Å². The summed E-state index contributed by atoms with van der Waals surface area (Å²) in [6, 6.07) is 4.20. The highest BCUT2D eigenvalue weighted by atomic mass is 16.4. The SMILES string of the molecule is Cc1cc(C)c(C(C)C(=O)C2CCCCC2C(=O)O)c(C)c1. The zero-order valence-corrected chi connectivity index (χ0v) is 14.0. The van der Waals surface area contributed by atoms with Crippen LogP contribution in [-0.2, 0) is 9.59 Å². The lowest BCUT2D eigenvalue weighted by atomic mass is 9.72. The Morgan fingerprint density at radius 3 is 2.05 bits per heavy atom. The van der Waals surface area contributed by atoms with E-state index in [9.17, 15) is 14.7 Å². The van der Waals surface area contributed by atoms with Gasteiger partial charge in [-0.1, -0.05) is 37.5 Å². The van der Waals surface area contributed by atoms with Gasteiger partial charge in [0, 0.05) is 11.8 Å². The predicted molar refractivity (Wildman–Crippen MR) is 87.2 cm³/mol. The van der Waals surface area contributed by atoms with Gasteiger partial charge in [0.2, 0.25) is 0 Å². The van der Waals surface area contributed by atoms with Crippen LogP contribution in [0.25, 0.3) is 0 Å². The number of carboxylic acids is 1. The fourth-order valence-electron chi connectivity index (χ4n) is 4.10. The number of hydrogen-bond donors (Lipinski definition) is 1. The smallest absolute Gasteiger partial charge is 0.307 e. The van der Waals surface area contributed by atoms with Crippen LogP contribution in [0.15, 0.2) is 12.1 Å². The van der Waals surface area contributed by atoms with Crippen molar-refractivity contribution >= 4 is 11.8 Å². The molecule has 3 heteroatoms. The maximum atomic E-state index is 12.9. The van der Waals surface area contributed by atoms with Crippen LogP contribution in [0.4, 0.5) is 0 Å². The van der Waals surface area contributed by atoms with Gasteiger partial charge in [0.15, 0.2) is 0 Å². The van der Waals surface area contributed by atoms with Crippen LogP contribution in [0.5, 0.6) is 0 Å². The Morgan fingerprint density at radius 1 is 1.05 bits per heavy atom. The molecule has 3 unspecified atom stereocenters. The van der Waals surface area contributed by atoms with Gasteiger partial charge >= 0.3 is 5.97 Å². The Balaban J connectivity index is 2.30. The number of aliphatic carboxylic acids is 1. The number of carbonyl (C=O) groups is 2. The Labute approximate surface area is 132 Å². The van der Waals surface area contributed by atoms with Crippen molar-refractivity contribution in [1.82, 2.24) is 0 Å². The molecule has 0 aromatic heterocycles. The van der Waals surface area contributed by atoms with E-state index in [2.05, 4.69) is 19.1 Å². The number of carbonyl (C=O) groups excluding carboxylic acids is 1. The molecule has 1 aromatic rings. The van der Waals surface area contributed by atoms with Gasteiger partial charge in [-0.25, -0.2) is 0 Å². The van der Waals surface area contributed by atoms with Crippen molar-refractivity contribution in [2.45, 2.75) is 59.3 Å². The minimum absolute atomic E-state index is 0.0992. The zero-order valence-electron chi connectivity index (χ0n) is 14.0. The first-order valence-electron chi connectivity index (χ1n) is 8.17. The number of carboxylic acid groups (broad SMARTS) is 1. The predicted octanol–water partition coefficient (Wildman–Crippen LogP) is 4.18. The molecule has 3 atom stereocenters. The monoisotopic (exact) mass is 302 g/mol. The summed E-state index contributed by atoms with van der Waals surface area (Å²) < 4.78 is 0. The topological polar surface area (TPSA) is 54.4 Å². The molecule has 1 N–H and O–H groups in total. The fraction of sp³-hybridized carbons (Fsp3) is 0.579. The van der Waals surface area contributed by atoms with Crippen molar-refractivity contribution in [2.75, 3.05) is 0 Å². The minimum Gasteiger partial charge on any atom is -0.481 e. The number of ketones is 1. The molecule has 120 valence electrons. The van der Waals surface area contributed by atoms with E-state index in [4.69, 9.17) is 0 Å². The molecule has 3 nitrogen and oxygen atoms in total. The van der Waals surface area contributed by atoms with E-state index in [-0.39, 0.29) is 17.6 Å². The highest BCUT2D eigenvalue weighted by molar-refractivity contribution is 5.91. The normalized spacial score (nSPS) is 23.1. The van der Waals surface area contributed by atoms with Crippen molar-refractivity contribution in [3.63, 3.8) is 0 Å². The Morgan fingerprint density at radius 2 is 1.55 bits per heavy atom. The highest BCUT2D eigenvalue weighted by Crippen LogP contribution is 2.36. The van der Waals surface area contributed by atoms with Gasteiger partial charge in [-0.15, -0.1) is 0 Å². The molecule has 2 rings (SSSR count). The van der Waals surface area contributed by atoms with Gasteiger partial charge in [-0.05, 0) is 50.3 Å². The second-order valence-electron chi connectivity index (χ2n) is 6.77. The number of rotatable bonds is 4. The van der Waals surface area contributed by atoms with Crippen LogP contribution in [0.2, 0.25) is 0 Å². The largest absolute Gasteiger partial charge is 0.481 e. The number of Topliss-reactive ketones (excluding diaryl/α,β-unsaturated/α-hetero) is 1. The van der Waals surface area contributed by atoms with Crippen molar-refractivity contribution in [1.29, 1.82) is 0 Å². The molecular formula is C19H26O3. The molecule has 1 aliphatic carbocycles. The van der Waals surface area contributed by atoms with Crippen LogP contribution in [-0.4, -0.2) is 16.9 Å². The molecule has 0 spiro atoms. The summed E-state index contributed by atoms with van der Waals surface area (Å²) in [6.45, 7) is 8.06. The fourth-order valence-corrected chi connectivity index (χ4v) is 4.10. The third-order valence-electron chi connectivity index (χ3n) is 5.05. The summed E-state index contributed by atoms with van der Waals surface area (Å²) in [5.41, 5.74) is 4.52. The number of aryl methyl sites for hydroxylation is 3. The quantitative estimate of drug-likeness (QED) is 0.908. The lowest BCUT2D eigenvalue weighted by molar-refractivity contribution is -0.148. The van der Waals surface area contributed by atoms with Gasteiger partial charge in [-0.3, -0.25) is 9.59 Å². The van der Waals surface area contributed by atoms with Crippen molar-refractivity contribution in [2.24, 2.45) is 11.8 Å². The van der Waals surface area contributed by atoms with Crippen LogP contribution < -0.4 is 0 Å².